The molecule has 0 bridgehead atoms. The van der Waals surface area contributed by atoms with Crippen molar-refractivity contribution in [3.05, 3.63) is 11.5 Å². The first kappa shape index (κ1) is 14.8. The van der Waals surface area contributed by atoms with Crippen molar-refractivity contribution in [1.29, 1.82) is 0 Å². The highest BCUT2D eigenvalue weighted by Gasteiger charge is 2.21. The molecular weight excluding hydrogens is 278 g/mol. The Morgan fingerprint density at radius 3 is 2.75 bits per heavy atom. The molecule has 0 unspecified atom stereocenters. The molecule has 1 aromatic rings. The number of amides is 1. The molecule has 7 heteroatoms. The second-order valence-corrected chi connectivity index (χ2v) is 5.33. The SMILES string of the molecule is CNc1c(Cl)ncnc1NCC1CCN(C(C)=O)CC1. The van der Waals surface area contributed by atoms with E-state index in [0.29, 0.717) is 11.1 Å². The standard InChI is InChI=1S/C13H20ClN5O/c1-9(20)19-5-3-10(4-6-19)7-16-13-11(15-2)12(14)17-8-18-13/h8,10,15H,3-7H2,1-2H3,(H,16,17,18). The van der Waals surface area contributed by atoms with Gasteiger partial charge >= 0.3 is 0 Å². The van der Waals surface area contributed by atoms with E-state index in [4.69, 9.17) is 11.6 Å². The van der Waals surface area contributed by atoms with Gasteiger partial charge in [0, 0.05) is 33.6 Å². The van der Waals surface area contributed by atoms with Gasteiger partial charge in [-0.15, -0.1) is 0 Å². The van der Waals surface area contributed by atoms with Gasteiger partial charge in [-0.2, -0.15) is 0 Å². The van der Waals surface area contributed by atoms with E-state index in [1.54, 1.807) is 14.0 Å². The third-order valence-corrected chi connectivity index (χ3v) is 3.96. The highest BCUT2D eigenvalue weighted by Crippen LogP contribution is 2.26. The number of piperidine rings is 1. The van der Waals surface area contributed by atoms with Gasteiger partial charge in [-0.25, -0.2) is 9.97 Å². The molecule has 2 heterocycles. The van der Waals surface area contributed by atoms with Crippen LogP contribution in [0.3, 0.4) is 0 Å². The molecule has 0 radical (unpaired) electrons. The van der Waals surface area contributed by atoms with Gasteiger partial charge in [-0.3, -0.25) is 4.79 Å². The van der Waals surface area contributed by atoms with Crippen LogP contribution >= 0.6 is 11.6 Å². The maximum absolute atomic E-state index is 11.3. The minimum absolute atomic E-state index is 0.163. The van der Waals surface area contributed by atoms with Crippen molar-refractivity contribution in [2.75, 3.05) is 37.3 Å². The fourth-order valence-corrected chi connectivity index (χ4v) is 2.64. The molecule has 0 aliphatic carbocycles. The average molecular weight is 298 g/mol. The predicted molar refractivity (Wildman–Crippen MR) is 80.1 cm³/mol. The van der Waals surface area contributed by atoms with Gasteiger partial charge in [-0.05, 0) is 18.8 Å². The summed E-state index contributed by atoms with van der Waals surface area (Å²) in [6.07, 6.45) is 3.48. The van der Waals surface area contributed by atoms with E-state index in [2.05, 4.69) is 20.6 Å². The Hall–Kier alpha value is -1.56. The first-order valence-electron chi connectivity index (χ1n) is 6.79. The summed E-state index contributed by atoms with van der Waals surface area (Å²) in [4.78, 5) is 21.3. The van der Waals surface area contributed by atoms with Crippen LogP contribution in [-0.4, -0.2) is 47.5 Å². The third kappa shape index (κ3) is 3.50. The molecule has 110 valence electrons. The number of likely N-dealkylation sites (tertiary alicyclic amines) is 1. The van der Waals surface area contributed by atoms with Crippen LogP contribution in [-0.2, 0) is 4.79 Å². The summed E-state index contributed by atoms with van der Waals surface area (Å²) < 4.78 is 0. The first-order valence-corrected chi connectivity index (χ1v) is 7.17. The van der Waals surface area contributed by atoms with Crippen LogP contribution in [0.4, 0.5) is 11.5 Å². The molecule has 2 rings (SSSR count). The smallest absolute Gasteiger partial charge is 0.219 e. The third-order valence-electron chi connectivity index (χ3n) is 3.67. The topological polar surface area (TPSA) is 70.2 Å². The maximum Gasteiger partial charge on any atom is 0.219 e. The molecule has 0 aromatic carbocycles. The van der Waals surface area contributed by atoms with Crippen molar-refractivity contribution in [3.8, 4) is 0 Å². The Labute approximate surface area is 123 Å². The molecule has 0 spiro atoms. The van der Waals surface area contributed by atoms with E-state index >= 15 is 0 Å². The molecule has 1 aliphatic rings. The number of halogens is 1. The molecule has 20 heavy (non-hydrogen) atoms. The van der Waals surface area contributed by atoms with Crippen molar-refractivity contribution in [2.24, 2.45) is 5.92 Å². The number of nitrogens with zero attached hydrogens (tertiary/aromatic N) is 3. The van der Waals surface area contributed by atoms with E-state index in [9.17, 15) is 4.79 Å². The lowest BCUT2D eigenvalue weighted by molar-refractivity contribution is -0.130. The quantitative estimate of drug-likeness (QED) is 0.830. The molecule has 1 saturated heterocycles. The number of hydrogen-bond acceptors (Lipinski definition) is 5. The van der Waals surface area contributed by atoms with E-state index < -0.39 is 0 Å². The van der Waals surface area contributed by atoms with Gasteiger partial charge < -0.3 is 15.5 Å². The Morgan fingerprint density at radius 1 is 1.45 bits per heavy atom. The number of carbonyl (C=O) groups is 1. The van der Waals surface area contributed by atoms with Crippen molar-refractivity contribution < 1.29 is 4.79 Å². The Morgan fingerprint density at radius 2 is 2.15 bits per heavy atom. The number of hydrogen-bond donors (Lipinski definition) is 2. The number of rotatable bonds is 4. The molecule has 1 amide bonds. The molecule has 1 aromatic heterocycles. The highest BCUT2D eigenvalue weighted by molar-refractivity contribution is 6.32. The number of carbonyl (C=O) groups excluding carboxylic acids is 1. The molecule has 6 nitrogen and oxygen atoms in total. The average Bonchev–Trinajstić information content (AvgIpc) is 2.45. The van der Waals surface area contributed by atoms with Crippen LogP contribution in [0.25, 0.3) is 0 Å². The van der Waals surface area contributed by atoms with Crippen LogP contribution < -0.4 is 10.6 Å². The number of anilines is 2. The Balaban J connectivity index is 1.88. The summed E-state index contributed by atoms with van der Waals surface area (Å²) in [7, 11) is 1.79. The van der Waals surface area contributed by atoms with Crippen molar-refractivity contribution >= 4 is 29.0 Å². The lowest BCUT2D eigenvalue weighted by Gasteiger charge is -2.31. The minimum Gasteiger partial charge on any atom is -0.383 e. The van der Waals surface area contributed by atoms with Gasteiger partial charge in [0.25, 0.3) is 0 Å². The van der Waals surface area contributed by atoms with Crippen LogP contribution in [0.1, 0.15) is 19.8 Å². The van der Waals surface area contributed by atoms with Crippen LogP contribution in [0.2, 0.25) is 5.15 Å². The first-order chi connectivity index (χ1) is 9.61. The zero-order chi connectivity index (χ0) is 14.5. The predicted octanol–water partition coefficient (Wildman–Crippen LogP) is 1.84. The van der Waals surface area contributed by atoms with Crippen LogP contribution in [0.15, 0.2) is 6.33 Å². The van der Waals surface area contributed by atoms with Crippen molar-refractivity contribution in [1.82, 2.24) is 14.9 Å². The van der Waals surface area contributed by atoms with Crippen molar-refractivity contribution in [3.63, 3.8) is 0 Å². The van der Waals surface area contributed by atoms with Crippen molar-refractivity contribution in [2.45, 2.75) is 19.8 Å². The number of aromatic nitrogens is 2. The molecule has 0 saturated carbocycles. The summed E-state index contributed by atoms with van der Waals surface area (Å²) in [5.41, 5.74) is 0.718. The fourth-order valence-electron chi connectivity index (χ4n) is 2.41. The summed E-state index contributed by atoms with van der Waals surface area (Å²) in [5, 5.41) is 6.73. The monoisotopic (exact) mass is 297 g/mol. The largest absolute Gasteiger partial charge is 0.383 e. The second-order valence-electron chi connectivity index (χ2n) is 4.97. The summed E-state index contributed by atoms with van der Waals surface area (Å²) >= 11 is 6.01. The van der Waals surface area contributed by atoms with Gasteiger partial charge in [-0.1, -0.05) is 11.6 Å². The zero-order valence-corrected chi connectivity index (χ0v) is 12.6. The second kappa shape index (κ2) is 6.74. The summed E-state index contributed by atoms with van der Waals surface area (Å²) in [6.45, 7) is 4.13. The molecule has 2 N–H and O–H groups in total. The van der Waals surface area contributed by atoms with Gasteiger partial charge in [0.05, 0.1) is 0 Å². The van der Waals surface area contributed by atoms with E-state index in [1.807, 2.05) is 4.90 Å². The van der Waals surface area contributed by atoms with Crippen LogP contribution in [0, 0.1) is 5.92 Å². The van der Waals surface area contributed by atoms with E-state index in [0.717, 1.165) is 44.0 Å². The zero-order valence-electron chi connectivity index (χ0n) is 11.8. The highest BCUT2D eigenvalue weighted by atomic mass is 35.5. The van der Waals surface area contributed by atoms with Gasteiger partial charge in [0.2, 0.25) is 5.91 Å². The lowest BCUT2D eigenvalue weighted by Crippen LogP contribution is -2.38. The summed E-state index contributed by atoms with van der Waals surface area (Å²) in [5.74, 6) is 1.43. The molecule has 1 fully saturated rings. The normalized spacial score (nSPS) is 16.1. The Kier molecular flexibility index (Phi) is 5.00. The van der Waals surface area contributed by atoms with E-state index in [1.165, 1.54) is 6.33 Å². The molecule has 0 atom stereocenters. The van der Waals surface area contributed by atoms with Crippen LogP contribution in [0.5, 0.6) is 0 Å². The van der Waals surface area contributed by atoms with Gasteiger partial charge in [0.1, 0.15) is 12.0 Å². The fraction of sp³-hybridized carbons (Fsp3) is 0.615. The Bertz CT molecular complexity index is 474. The minimum atomic E-state index is 0.163. The maximum atomic E-state index is 11.3. The molecular formula is C13H20ClN5O. The molecule has 1 aliphatic heterocycles. The van der Waals surface area contributed by atoms with Gasteiger partial charge in [0.15, 0.2) is 11.0 Å². The van der Waals surface area contributed by atoms with E-state index in [-0.39, 0.29) is 5.91 Å². The lowest BCUT2D eigenvalue weighted by atomic mass is 9.97. The number of nitrogens with one attached hydrogen (secondary N) is 2. The summed E-state index contributed by atoms with van der Waals surface area (Å²) in [6, 6.07) is 0.